The maximum Gasteiger partial charge on any atom is 0.224 e. The van der Waals surface area contributed by atoms with Gasteiger partial charge in [-0.15, -0.1) is 10.2 Å². The van der Waals surface area contributed by atoms with Crippen LogP contribution in [-0.4, -0.2) is 20.8 Å². The number of rotatable bonds is 5. The van der Waals surface area contributed by atoms with Gasteiger partial charge in [0.15, 0.2) is 11.6 Å². The van der Waals surface area contributed by atoms with Crippen LogP contribution in [0.5, 0.6) is 5.75 Å². The minimum atomic E-state index is -0.261. The van der Waals surface area contributed by atoms with Gasteiger partial charge >= 0.3 is 0 Å². The molecule has 0 spiro atoms. The van der Waals surface area contributed by atoms with Gasteiger partial charge in [-0.3, -0.25) is 4.79 Å². The number of carbonyl (C=O) groups is 1. The number of hydrogen-bond acceptors (Lipinski definition) is 6. The van der Waals surface area contributed by atoms with Crippen LogP contribution < -0.4 is 5.32 Å². The molecule has 0 saturated heterocycles. The molecule has 2 aromatic rings. The van der Waals surface area contributed by atoms with Crippen LogP contribution in [0.1, 0.15) is 62.7 Å². The van der Waals surface area contributed by atoms with Crippen molar-refractivity contribution in [2.75, 3.05) is 5.32 Å². The molecular weight excluding hydrogens is 392 g/mol. The van der Waals surface area contributed by atoms with Gasteiger partial charge in [-0.1, -0.05) is 37.8 Å². The molecule has 1 heterocycles. The third-order valence-electron chi connectivity index (χ3n) is 5.00. The van der Waals surface area contributed by atoms with Gasteiger partial charge in [-0.25, -0.2) is 4.68 Å². The van der Waals surface area contributed by atoms with E-state index in [-0.39, 0.29) is 34.8 Å². The number of hydrogen-bond donors (Lipinski definition) is 2. The first-order chi connectivity index (χ1) is 13.9. The largest absolute Gasteiger partial charge is 0.504 e. The summed E-state index contributed by atoms with van der Waals surface area (Å²) in [5, 5.41) is 35.3. The molecule has 1 aliphatic carbocycles. The summed E-state index contributed by atoms with van der Waals surface area (Å²) in [4.78, 5) is 11.7. The number of azo groups is 1. The van der Waals surface area contributed by atoms with Crippen LogP contribution in [0.2, 0.25) is 5.02 Å². The maximum atomic E-state index is 11.7. The van der Waals surface area contributed by atoms with E-state index in [2.05, 4.69) is 26.7 Å². The summed E-state index contributed by atoms with van der Waals surface area (Å²) in [7, 11) is 0. The van der Waals surface area contributed by atoms with E-state index in [1.165, 1.54) is 18.6 Å². The SMILES string of the molecule is CCC(=O)Nc1cc(N=Nc2c(C#N)c(C)nn2C2CCCCC2)cc(Cl)c1O. The van der Waals surface area contributed by atoms with Gasteiger partial charge in [0, 0.05) is 6.42 Å². The van der Waals surface area contributed by atoms with E-state index in [0.717, 1.165) is 25.7 Å². The number of nitrogens with one attached hydrogen (secondary N) is 1. The zero-order valence-corrected chi connectivity index (χ0v) is 17.2. The second-order valence-electron chi connectivity index (χ2n) is 7.06. The summed E-state index contributed by atoms with van der Waals surface area (Å²) >= 11 is 6.07. The van der Waals surface area contributed by atoms with Gasteiger partial charge < -0.3 is 10.4 Å². The number of halogens is 1. The highest BCUT2D eigenvalue weighted by molar-refractivity contribution is 6.32. The van der Waals surface area contributed by atoms with E-state index in [1.54, 1.807) is 18.5 Å². The van der Waals surface area contributed by atoms with Crippen LogP contribution >= 0.6 is 11.6 Å². The Bertz CT molecular complexity index is 986. The molecule has 1 fully saturated rings. The molecule has 0 radical (unpaired) electrons. The van der Waals surface area contributed by atoms with Crippen LogP contribution in [0.25, 0.3) is 0 Å². The van der Waals surface area contributed by atoms with Gasteiger partial charge in [-0.05, 0) is 31.9 Å². The van der Waals surface area contributed by atoms with Crippen molar-refractivity contribution in [3.05, 3.63) is 28.4 Å². The predicted octanol–water partition coefficient (Wildman–Crippen LogP) is 5.69. The summed E-state index contributed by atoms with van der Waals surface area (Å²) in [5.74, 6) is -0.0725. The van der Waals surface area contributed by atoms with Gasteiger partial charge in [-0.2, -0.15) is 10.4 Å². The molecule has 1 aromatic carbocycles. The second kappa shape index (κ2) is 9.05. The third kappa shape index (κ3) is 4.57. The highest BCUT2D eigenvalue weighted by Gasteiger charge is 2.23. The quantitative estimate of drug-likeness (QED) is 0.482. The van der Waals surface area contributed by atoms with E-state index < -0.39 is 0 Å². The summed E-state index contributed by atoms with van der Waals surface area (Å²) in [6.07, 6.45) is 5.69. The maximum absolute atomic E-state index is 11.7. The van der Waals surface area contributed by atoms with Crippen LogP contribution in [0.4, 0.5) is 17.2 Å². The molecule has 1 aromatic heterocycles. The number of benzene rings is 1. The van der Waals surface area contributed by atoms with Gasteiger partial charge in [0.25, 0.3) is 0 Å². The Balaban J connectivity index is 1.97. The zero-order valence-electron chi connectivity index (χ0n) is 16.4. The van der Waals surface area contributed by atoms with E-state index in [0.29, 0.717) is 22.8 Å². The average Bonchev–Trinajstić information content (AvgIpc) is 3.05. The fourth-order valence-electron chi connectivity index (χ4n) is 3.42. The van der Waals surface area contributed by atoms with Crippen molar-refractivity contribution in [3.8, 4) is 11.8 Å². The number of carbonyl (C=O) groups excluding carboxylic acids is 1. The summed E-state index contributed by atoms with van der Waals surface area (Å²) < 4.78 is 1.80. The van der Waals surface area contributed by atoms with Crippen molar-refractivity contribution >= 4 is 34.7 Å². The van der Waals surface area contributed by atoms with Crippen LogP contribution in [0.3, 0.4) is 0 Å². The highest BCUT2D eigenvalue weighted by Crippen LogP contribution is 2.38. The number of aryl methyl sites for hydroxylation is 1. The molecule has 9 heteroatoms. The van der Waals surface area contributed by atoms with Crippen molar-refractivity contribution in [3.63, 3.8) is 0 Å². The zero-order chi connectivity index (χ0) is 21.0. The molecule has 0 atom stereocenters. The number of phenolic OH excluding ortho intramolecular Hbond substituents is 1. The first kappa shape index (κ1) is 20.8. The van der Waals surface area contributed by atoms with Crippen molar-refractivity contribution < 1.29 is 9.90 Å². The summed E-state index contributed by atoms with van der Waals surface area (Å²) in [6, 6.07) is 5.29. The molecule has 152 valence electrons. The topological polar surface area (TPSA) is 116 Å². The number of amides is 1. The van der Waals surface area contributed by atoms with Crippen LogP contribution in [-0.2, 0) is 4.79 Å². The Kier molecular flexibility index (Phi) is 6.49. The molecular formula is C20H23ClN6O2. The molecule has 2 N–H and O–H groups in total. The van der Waals surface area contributed by atoms with Crippen molar-refractivity contribution in [2.24, 2.45) is 10.2 Å². The lowest BCUT2D eigenvalue weighted by atomic mass is 9.96. The monoisotopic (exact) mass is 414 g/mol. The summed E-state index contributed by atoms with van der Waals surface area (Å²) in [5.41, 5.74) is 1.52. The molecule has 0 aliphatic heterocycles. The molecule has 8 nitrogen and oxygen atoms in total. The lowest BCUT2D eigenvalue weighted by Crippen LogP contribution is -2.13. The normalized spacial score (nSPS) is 14.8. The Labute approximate surface area is 174 Å². The number of phenols is 1. The third-order valence-corrected chi connectivity index (χ3v) is 5.28. The number of aromatic hydroxyl groups is 1. The number of nitriles is 1. The predicted molar refractivity (Wildman–Crippen MR) is 110 cm³/mol. The van der Waals surface area contributed by atoms with Gasteiger partial charge in [0.1, 0.15) is 11.6 Å². The van der Waals surface area contributed by atoms with Gasteiger partial charge in [0.2, 0.25) is 5.91 Å². The van der Waals surface area contributed by atoms with E-state index in [1.807, 2.05) is 0 Å². The Morgan fingerprint density at radius 2 is 2.10 bits per heavy atom. The number of nitrogens with zero attached hydrogens (tertiary/aromatic N) is 5. The standard InChI is InChI=1S/C20H23ClN6O2/c1-3-18(28)23-17-10-13(9-16(21)19(17)29)24-25-20-15(11-22)12(2)26-27(20)14-7-5-4-6-8-14/h9-10,14,29H,3-8H2,1-2H3,(H,23,28). The Hall–Kier alpha value is -2.92. The van der Waals surface area contributed by atoms with Gasteiger partial charge in [0.05, 0.1) is 28.1 Å². The molecule has 29 heavy (non-hydrogen) atoms. The first-order valence-corrected chi connectivity index (χ1v) is 10.1. The Morgan fingerprint density at radius 1 is 1.38 bits per heavy atom. The molecule has 3 rings (SSSR count). The van der Waals surface area contributed by atoms with E-state index in [9.17, 15) is 15.2 Å². The average molecular weight is 415 g/mol. The molecule has 1 amide bonds. The fourth-order valence-corrected chi connectivity index (χ4v) is 3.64. The van der Waals surface area contributed by atoms with Crippen LogP contribution in [0, 0.1) is 18.3 Å². The molecule has 0 unspecified atom stereocenters. The van der Waals surface area contributed by atoms with Crippen molar-refractivity contribution in [1.29, 1.82) is 5.26 Å². The van der Waals surface area contributed by atoms with E-state index in [4.69, 9.17) is 11.6 Å². The highest BCUT2D eigenvalue weighted by atomic mass is 35.5. The lowest BCUT2D eigenvalue weighted by molar-refractivity contribution is -0.115. The van der Waals surface area contributed by atoms with Crippen molar-refractivity contribution in [2.45, 2.75) is 58.4 Å². The minimum absolute atomic E-state index is 0.0466. The van der Waals surface area contributed by atoms with Crippen molar-refractivity contribution in [1.82, 2.24) is 9.78 Å². The second-order valence-corrected chi connectivity index (χ2v) is 7.46. The Morgan fingerprint density at radius 3 is 2.76 bits per heavy atom. The fraction of sp³-hybridized carbons (Fsp3) is 0.450. The van der Waals surface area contributed by atoms with Crippen LogP contribution in [0.15, 0.2) is 22.4 Å². The van der Waals surface area contributed by atoms with E-state index >= 15 is 0 Å². The molecule has 0 bridgehead atoms. The molecule has 1 saturated carbocycles. The lowest BCUT2D eigenvalue weighted by Gasteiger charge is -2.22. The molecule has 1 aliphatic rings. The number of aromatic nitrogens is 2. The number of anilines is 1. The summed E-state index contributed by atoms with van der Waals surface area (Å²) in [6.45, 7) is 3.49. The minimum Gasteiger partial charge on any atom is -0.504 e. The first-order valence-electron chi connectivity index (χ1n) is 9.67. The smallest absolute Gasteiger partial charge is 0.224 e.